The van der Waals surface area contributed by atoms with E-state index in [9.17, 15) is 13.2 Å². The zero-order valence-corrected chi connectivity index (χ0v) is 14.8. The highest BCUT2D eigenvalue weighted by Crippen LogP contribution is 2.28. The van der Waals surface area contributed by atoms with E-state index in [0.717, 1.165) is 0 Å². The molecule has 0 saturated heterocycles. The molecule has 24 heavy (non-hydrogen) atoms. The van der Waals surface area contributed by atoms with Crippen molar-refractivity contribution in [1.29, 1.82) is 0 Å². The summed E-state index contributed by atoms with van der Waals surface area (Å²) in [7, 11) is -2.30. The molecule has 0 aliphatic rings. The number of nitrogens with one attached hydrogen (secondary N) is 2. The van der Waals surface area contributed by atoms with Crippen LogP contribution in [0.4, 0.5) is 0 Å². The van der Waals surface area contributed by atoms with E-state index in [1.165, 1.54) is 23.5 Å². The topological polar surface area (TPSA) is 86.0 Å². The van der Waals surface area contributed by atoms with Gasteiger partial charge >= 0.3 is 5.69 Å². The number of aromatic nitrogens is 2. The third-order valence-corrected chi connectivity index (χ3v) is 6.28. The molecule has 9 heteroatoms. The average Bonchev–Trinajstić information content (AvgIpc) is 2.90. The van der Waals surface area contributed by atoms with Crippen LogP contribution in [0.15, 0.2) is 46.1 Å². The maximum Gasteiger partial charge on any atom is 0.323 e. The van der Waals surface area contributed by atoms with Gasteiger partial charge in [-0.3, -0.25) is 0 Å². The Morgan fingerprint density at radius 3 is 2.54 bits per heavy atom. The van der Waals surface area contributed by atoms with Crippen LogP contribution in [0.1, 0.15) is 5.56 Å². The molecule has 0 saturated carbocycles. The van der Waals surface area contributed by atoms with Crippen molar-refractivity contribution in [1.82, 2.24) is 14.3 Å². The van der Waals surface area contributed by atoms with Crippen molar-refractivity contribution in [2.45, 2.75) is 11.4 Å². The number of H-pyrrole nitrogens is 2. The fraction of sp³-hybridized carbons (Fsp3) is 0.133. The number of hydrogen-bond acceptors (Lipinski definition) is 3. The number of benzene rings is 2. The molecule has 2 aromatic carbocycles. The maximum atomic E-state index is 12.7. The van der Waals surface area contributed by atoms with Crippen molar-refractivity contribution in [2.75, 3.05) is 7.05 Å². The summed E-state index contributed by atoms with van der Waals surface area (Å²) in [4.78, 5) is 16.5. The Hall–Kier alpha value is -1.80. The monoisotopic (exact) mass is 385 g/mol. The molecule has 0 radical (unpaired) electrons. The van der Waals surface area contributed by atoms with Crippen molar-refractivity contribution in [3.8, 4) is 0 Å². The van der Waals surface area contributed by atoms with Crippen LogP contribution < -0.4 is 5.69 Å². The number of hydrogen-bond donors (Lipinski definition) is 2. The van der Waals surface area contributed by atoms with Gasteiger partial charge in [0.05, 0.1) is 26.0 Å². The lowest BCUT2D eigenvalue weighted by Gasteiger charge is -2.18. The lowest BCUT2D eigenvalue weighted by Crippen LogP contribution is -2.26. The van der Waals surface area contributed by atoms with Crippen molar-refractivity contribution in [3.63, 3.8) is 0 Å². The molecule has 1 aromatic heterocycles. The number of nitrogens with zero attached hydrogens (tertiary/aromatic N) is 1. The van der Waals surface area contributed by atoms with E-state index in [1.54, 1.807) is 24.3 Å². The first-order valence-electron chi connectivity index (χ1n) is 6.90. The van der Waals surface area contributed by atoms with Crippen LogP contribution in [0.3, 0.4) is 0 Å². The summed E-state index contributed by atoms with van der Waals surface area (Å²) in [6.07, 6.45) is 0. The quantitative estimate of drug-likeness (QED) is 0.723. The Bertz CT molecular complexity index is 1070. The van der Waals surface area contributed by atoms with E-state index in [4.69, 9.17) is 23.2 Å². The summed E-state index contributed by atoms with van der Waals surface area (Å²) in [6, 6.07) is 9.46. The molecule has 0 aliphatic carbocycles. The second-order valence-corrected chi connectivity index (χ2v) is 8.09. The molecule has 0 amide bonds. The standard InChI is InChI=1S/C15H13Cl2N3O3S/c1-20(8-9-3-2-4-11(16)14(9)17)24(22,23)10-5-6-12-13(7-10)19-15(21)18-12/h2-7H,8H2,1H3,(H2,18,19,21). The van der Waals surface area contributed by atoms with Crippen LogP contribution in [0.5, 0.6) is 0 Å². The van der Waals surface area contributed by atoms with Gasteiger partial charge in [-0.15, -0.1) is 0 Å². The fourth-order valence-electron chi connectivity index (χ4n) is 2.35. The molecule has 3 rings (SSSR count). The van der Waals surface area contributed by atoms with Crippen LogP contribution in [-0.2, 0) is 16.6 Å². The largest absolute Gasteiger partial charge is 0.323 e. The van der Waals surface area contributed by atoms with Gasteiger partial charge in [0.1, 0.15) is 0 Å². The first kappa shape index (κ1) is 17.0. The smallest absolute Gasteiger partial charge is 0.306 e. The molecule has 3 aromatic rings. The molecule has 2 N–H and O–H groups in total. The molecule has 6 nitrogen and oxygen atoms in total. The summed E-state index contributed by atoms with van der Waals surface area (Å²) < 4.78 is 26.6. The molecule has 1 heterocycles. The third kappa shape index (κ3) is 3.08. The summed E-state index contributed by atoms with van der Waals surface area (Å²) in [6.45, 7) is 0.0728. The number of aromatic amines is 2. The molecular weight excluding hydrogens is 373 g/mol. The van der Waals surface area contributed by atoms with E-state index in [-0.39, 0.29) is 11.4 Å². The lowest BCUT2D eigenvalue weighted by molar-refractivity contribution is 0.467. The van der Waals surface area contributed by atoms with E-state index in [2.05, 4.69) is 9.97 Å². The molecule has 0 unspecified atom stereocenters. The maximum absolute atomic E-state index is 12.7. The van der Waals surface area contributed by atoms with Crippen molar-refractivity contribution in [3.05, 3.63) is 62.5 Å². The Balaban J connectivity index is 1.95. The molecular formula is C15H13Cl2N3O3S. The normalized spacial score (nSPS) is 12.2. The van der Waals surface area contributed by atoms with Crippen molar-refractivity contribution >= 4 is 44.3 Å². The van der Waals surface area contributed by atoms with Crippen LogP contribution in [0, 0.1) is 0 Å². The highest BCUT2D eigenvalue weighted by Gasteiger charge is 2.22. The van der Waals surface area contributed by atoms with Crippen LogP contribution in [0.25, 0.3) is 11.0 Å². The van der Waals surface area contributed by atoms with E-state index in [0.29, 0.717) is 26.6 Å². The number of rotatable bonds is 4. The Kier molecular flexibility index (Phi) is 4.44. The Morgan fingerprint density at radius 1 is 1.08 bits per heavy atom. The van der Waals surface area contributed by atoms with Gasteiger partial charge in [0, 0.05) is 13.6 Å². The van der Waals surface area contributed by atoms with Gasteiger partial charge in [-0.25, -0.2) is 13.2 Å². The van der Waals surface area contributed by atoms with E-state index >= 15 is 0 Å². The minimum Gasteiger partial charge on any atom is -0.306 e. The summed E-state index contributed by atoms with van der Waals surface area (Å²) in [5, 5.41) is 0.693. The molecule has 0 atom stereocenters. The van der Waals surface area contributed by atoms with Crippen LogP contribution >= 0.6 is 23.2 Å². The van der Waals surface area contributed by atoms with Gasteiger partial charge in [0.25, 0.3) is 0 Å². The Morgan fingerprint density at radius 2 is 1.79 bits per heavy atom. The highest BCUT2D eigenvalue weighted by atomic mass is 35.5. The van der Waals surface area contributed by atoms with Crippen LogP contribution in [0.2, 0.25) is 10.0 Å². The Labute approximate surface area is 148 Å². The zero-order chi connectivity index (χ0) is 17.5. The zero-order valence-electron chi connectivity index (χ0n) is 12.5. The SMILES string of the molecule is CN(Cc1cccc(Cl)c1Cl)S(=O)(=O)c1ccc2[nH]c(=O)[nH]c2c1. The summed E-state index contributed by atoms with van der Waals surface area (Å²) >= 11 is 12.1. The minimum absolute atomic E-state index is 0.0728. The van der Waals surface area contributed by atoms with Crippen molar-refractivity contribution < 1.29 is 8.42 Å². The lowest BCUT2D eigenvalue weighted by atomic mass is 10.2. The first-order chi connectivity index (χ1) is 11.3. The van der Waals surface area contributed by atoms with Crippen molar-refractivity contribution in [2.24, 2.45) is 0 Å². The second-order valence-electron chi connectivity index (χ2n) is 5.26. The molecule has 0 fully saturated rings. The van der Waals surface area contributed by atoms with Gasteiger partial charge in [-0.05, 0) is 29.8 Å². The summed E-state index contributed by atoms with van der Waals surface area (Å²) in [5.41, 5.74) is 1.18. The molecule has 0 spiro atoms. The molecule has 126 valence electrons. The van der Waals surface area contributed by atoms with E-state index < -0.39 is 15.7 Å². The van der Waals surface area contributed by atoms with Gasteiger partial charge in [0.2, 0.25) is 10.0 Å². The average molecular weight is 386 g/mol. The highest BCUT2D eigenvalue weighted by molar-refractivity contribution is 7.89. The predicted molar refractivity (Wildman–Crippen MR) is 94.0 cm³/mol. The third-order valence-electron chi connectivity index (χ3n) is 3.62. The number of imidazole rings is 1. The van der Waals surface area contributed by atoms with Gasteiger partial charge < -0.3 is 9.97 Å². The number of sulfonamides is 1. The number of fused-ring (bicyclic) bond motifs is 1. The first-order valence-corrected chi connectivity index (χ1v) is 9.10. The predicted octanol–water partition coefficient (Wildman–Crippen LogP) is 2.98. The van der Waals surface area contributed by atoms with Gasteiger partial charge in [-0.2, -0.15) is 4.31 Å². The van der Waals surface area contributed by atoms with E-state index in [1.807, 2.05) is 0 Å². The van der Waals surface area contributed by atoms with Gasteiger partial charge in [-0.1, -0.05) is 35.3 Å². The van der Waals surface area contributed by atoms with Crippen LogP contribution in [-0.4, -0.2) is 29.7 Å². The summed E-state index contributed by atoms with van der Waals surface area (Å²) in [5.74, 6) is 0. The fourth-order valence-corrected chi connectivity index (χ4v) is 3.90. The molecule has 0 bridgehead atoms. The number of halogens is 2. The minimum atomic E-state index is -3.75. The van der Waals surface area contributed by atoms with Gasteiger partial charge in [0.15, 0.2) is 0 Å². The molecule has 0 aliphatic heterocycles. The second kappa shape index (κ2) is 6.25.